The van der Waals surface area contributed by atoms with Crippen molar-refractivity contribution in [3.05, 3.63) is 100 Å². The van der Waals surface area contributed by atoms with Gasteiger partial charge in [0, 0.05) is 30.7 Å². The predicted octanol–water partition coefficient (Wildman–Crippen LogP) is 4.77. The van der Waals surface area contributed by atoms with Crippen LogP contribution in [0.2, 0.25) is 0 Å². The van der Waals surface area contributed by atoms with Crippen LogP contribution in [-0.2, 0) is 9.59 Å². The standard InChI is InChI=1S/C27H24BrF2N3O2/c28-20-5-11-23(12-6-20)33-25(34)17-24(27(33)35)31-13-15-32(16-14-31)26(18-1-7-21(29)8-2-18)19-3-9-22(30)10-4-19/h1-12,24,26H,13-17H2/t24-/m0/s1. The molecule has 0 spiro atoms. The van der Waals surface area contributed by atoms with E-state index in [9.17, 15) is 18.4 Å². The van der Waals surface area contributed by atoms with Crippen LogP contribution < -0.4 is 4.90 Å². The van der Waals surface area contributed by atoms with Crippen LogP contribution in [0, 0.1) is 11.6 Å². The van der Waals surface area contributed by atoms with E-state index in [-0.39, 0.29) is 35.9 Å². The van der Waals surface area contributed by atoms with Crippen LogP contribution in [0.5, 0.6) is 0 Å². The lowest BCUT2D eigenvalue weighted by molar-refractivity contribution is -0.123. The van der Waals surface area contributed by atoms with Crippen molar-refractivity contribution < 1.29 is 18.4 Å². The predicted molar refractivity (Wildman–Crippen MR) is 133 cm³/mol. The summed E-state index contributed by atoms with van der Waals surface area (Å²) in [5.74, 6) is -1.01. The van der Waals surface area contributed by atoms with E-state index in [0.717, 1.165) is 15.6 Å². The first-order chi connectivity index (χ1) is 16.9. The Balaban J connectivity index is 1.32. The SMILES string of the molecule is O=C1C[C@H](N2CCN(C(c3ccc(F)cc3)c3ccc(F)cc3)CC2)C(=O)N1c1ccc(Br)cc1. The van der Waals surface area contributed by atoms with Gasteiger partial charge in [-0.25, -0.2) is 13.7 Å². The smallest absolute Gasteiger partial charge is 0.251 e. The monoisotopic (exact) mass is 539 g/mol. The van der Waals surface area contributed by atoms with Gasteiger partial charge in [0.1, 0.15) is 11.6 Å². The molecule has 5 rings (SSSR count). The molecule has 2 heterocycles. The summed E-state index contributed by atoms with van der Waals surface area (Å²) in [6.45, 7) is 2.51. The highest BCUT2D eigenvalue weighted by atomic mass is 79.9. The Morgan fingerprint density at radius 2 is 1.26 bits per heavy atom. The number of anilines is 1. The number of piperazine rings is 1. The minimum Gasteiger partial charge on any atom is -0.290 e. The van der Waals surface area contributed by atoms with E-state index in [2.05, 4.69) is 25.7 Å². The Morgan fingerprint density at radius 3 is 1.77 bits per heavy atom. The normalized spacial score (nSPS) is 19.7. The maximum atomic E-state index is 13.6. The molecule has 5 nitrogen and oxygen atoms in total. The number of amides is 2. The molecule has 3 aromatic rings. The van der Waals surface area contributed by atoms with Crippen molar-refractivity contribution in [2.45, 2.75) is 18.5 Å². The number of rotatable bonds is 5. The third kappa shape index (κ3) is 4.91. The lowest BCUT2D eigenvalue weighted by Crippen LogP contribution is -2.53. The molecule has 0 radical (unpaired) electrons. The van der Waals surface area contributed by atoms with Crippen LogP contribution in [0.15, 0.2) is 77.3 Å². The molecule has 2 aliphatic rings. The van der Waals surface area contributed by atoms with Gasteiger partial charge in [-0.1, -0.05) is 40.2 Å². The zero-order valence-electron chi connectivity index (χ0n) is 18.9. The summed E-state index contributed by atoms with van der Waals surface area (Å²) in [6, 6.07) is 19.2. The summed E-state index contributed by atoms with van der Waals surface area (Å²) in [7, 11) is 0. The molecule has 0 saturated carbocycles. The van der Waals surface area contributed by atoms with Crippen molar-refractivity contribution in [2.24, 2.45) is 0 Å². The highest BCUT2D eigenvalue weighted by Gasteiger charge is 2.43. The Kier molecular flexibility index (Phi) is 6.77. The van der Waals surface area contributed by atoms with Gasteiger partial charge in [-0.3, -0.25) is 19.4 Å². The molecular weight excluding hydrogens is 516 g/mol. The van der Waals surface area contributed by atoms with E-state index >= 15 is 0 Å². The quantitative estimate of drug-likeness (QED) is 0.438. The Morgan fingerprint density at radius 1 is 0.743 bits per heavy atom. The summed E-state index contributed by atoms with van der Waals surface area (Å²) >= 11 is 3.38. The largest absolute Gasteiger partial charge is 0.290 e. The van der Waals surface area contributed by atoms with Crippen LogP contribution in [0.25, 0.3) is 0 Å². The van der Waals surface area contributed by atoms with Gasteiger partial charge in [0.05, 0.1) is 24.2 Å². The number of imide groups is 1. The third-order valence-corrected chi connectivity index (χ3v) is 7.26. The average molecular weight is 540 g/mol. The molecule has 2 aliphatic heterocycles. The van der Waals surface area contributed by atoms with E-state index < -0.39 is 6.04 Å². The van der Waals surface area contributed by atoms with Crippen LogP contribution >= 0.6 is 15.9 Å². The lowest BCUT2D eigenvalue weighted by Gasteiger charge is -2.41. The van der Waals surface area contributed by atoms with Crippen LogP contribution in [-0.4, -0.2) is 53.8 Å². The third-order valence-electron chi connectivity index (χ3n) is 6.73. The summed E-state index contributed by atoms with van der Waals surface area (Å²) in [4.78, 5) is 31.5. The summed E-state index contributed by atoms with van der Waals surface area (Å²) in [5, 5.41) is 0. The molecule has 0 unspecified atom stereocenters. The maximum Gasteiger partial charge on any atom is 0.251 e. The van der Waals surface area contributed by atoms with Crippen molar-refractivity contribution in [1.82, 2.24) is 9.80 Å². The Labute approximate surface area is 211 Å². The fraction of sp³-hybridized carbons (Fsp3) is 0.259. The van der Waals surface area contributed by atoms with Crippen molar-refractivity contribution >= 4 is 33.4 Å². The molecule has 0 aromatic heterocycles. The highest BCUT2D eigenvalue weighted by Crippen LogP contribution is 2.32. The molecule has 180 valence electrons. The van der Waals surface area contributed by atoms with Gasteiger partial charge in [0.2, 0.25) is 5.91 Å². The lowest BCUT2D eigenvalue weighted by atomic mass is 9.96. The highest BCUT2D eigenvalue weighted by molar-refractivity contribution is 9.10. The van der Waals surface area contributed by atoms with E-state index in [1.807, 2.05) is 12.1 Å². The molecule has 0 N–H and O–H groups in total. The second-order valence-electron chi connectivity index (χ2n) is 8.84. The molecule has 2 fully saturated rings. The van der Waals surface area contributed by atoms with Gasteiger partial charge in [-0.15, -0.1) is 0 Å². The number of carbonyl (C=O) groups is 2. The van der Waals surface area contributed by atoms with Crippen LogP contribution in [0.3, 0.4) is 0 Å². The van der Waals surface area contributed by atoms with E-state index in [1.54, 1.807) is 36.4 Å². The molecule has 3 aromatic carbocycles. The molecule has 35 heavy (non-hydrogen) atoms. The number of benzene rings is 3. The number of nitrogens with zero attached hydrogens (tertiary/aromatic N) is 3. The summed E-state index contributed by atoms with van der Waals surface area (Å²) in [6.07, 6.45) is 0.161. The first-order valence-corrected chi connectivity index (χ1v) is 12.3. The van der Waals surface area contributed by atoms with Gasteiger partial charge < -0.3 is 0 Å². The molecule has 0 bridgehead atoms. The van der Waals surface area contributed by atoms with E-state index in [4.69, 9.17) is 0 Å². The zero-order valence-corrected chi connectivity index (χ0v) is 20.5. The van der Waals surface area contributed by atoms with E-state index in [0.29, 0.717) is 31.9 Å². The van der Waals surface area contributed by atoms with Crippen LogP contribution in [0.1, 0.15) is 23.6 Å². The van der Waals surface area contributed by atoms with Gasteiger partial charge in [0.25, 0.3) is 5.91 Å². The van der Waals surface area contributed by atoms with E-state index in [1.165, 1.54) is 29.2 Å². The summed E-state index contributed by atoms with van der Waals surface area (Å²) < 4.78 is 28.0. The number of hydrogen-bond acceptors (Lipinski definition) is 4. The Bertz CT molecular complexity index is 1170. The second-order valence-corrected chi connectivity index (χ2v) is 9.76. The minimum atomic E-state index is -0.483. The maximum absolute atomic E-state index is 13.6. The van der Waals surface area contributed by atoms with Crippen molar-refractivity contribution in [2.75, 3.05) is 31.1 Å². The molecular formula is C27H24BrF2N3O2. The number of carbonyl (C=O) groups excluding carboxylic acids is 2. The zero-order chi connectivity index (χ0) is 24.5. The number of halogens is 3. The van der Waals surface area contributed by atoms with Gasteiger partial charge >= 0.3 is 0 Å². The molecule has 8 heteroatoms. The van der Waals surface area contributed by atoms with Crippen LogP contribution in [0.4, 0.5) is 14.5 Å². The Hall–Kier alpha value is -2.94. The van der Waals surface area contributed by atoms with Gasteiger partial charge in [-0.2, -0.15) is 0 Å². The van der Waals surface area contributed by atoms with Gasteiger partial charge in [0.15, 0.2) is 0 Å². The second kappa shape index (κ2) is 9.97. The van der Waals surface area contributed by atoms with Crippen molar-refractivity contribution in [3.63, 3.8) is 0 Å². The minimum absolute atomic E-state index is 0.161. The first-order valence-electron chi connectivity index (χ1n) is 11.5. The molecule has 2 saturated heterocycles. The van der Waals surface area contributed by atoms with Gasteiger partial charge in [-0.05, 0) is 59.7 Å². The van der Waals surface area contributed by atoms with Crippen molar-refractivity contribution in [3.8, 4) is 0 Å². The van der Waals surface area contributed by atoms with Crippen molar-refractivity contribution in [1.29, 1.82) is 0 Å². The molecule has 2 amide bonds. The first kappa shape index (κ1) is 23.8. The fourth-order valence-corrected chi connectivity index (χ4v) is 5.24. The summed E-state index contributed by atoms with van der Waals surface area (Å²) in [5.41, 5.74) is 2.41. The topological polar surface area (TPSA) is 43.9 Å². The molecule has 0 aliphatic carbocycles. The fourth-order valence-electron chi connectivity index (χ4n) is 4.97. The average Bonchev–Trinajstić information content (AvgIpc) is 3.16. The molecule has 1 atom stereocenters. The number of hydrogen-bond donors (Lipinski definition) is 0.